The average molecular weight is 596 g/mol. The van der Waals surface area contributed by atoms with E-state index in [2.05, 4.69) is 107 Å². The molecule has 0 aliphatic heterocycles. The van der Waals surface area contributed by atoms with Crippen LogP contribution in [0.5, 0.6) is 0 Å². The molecule has 0 heterocycles. The van der Waals surface area contributed by atoms with Crippen molar-refractivity contribution in [3.63, 3.8) is 0 Å². The second-order valence-electron chi connectivity index (χ2n) is 7.09. The van der Waals surface area contributed by atoms with Gasteiger partial charge in [0, 0.05) is 0 Å². The summed E-state index contributed by atoms with van der Waals surface area (Å²) in [5, 5.41) is 7.02. The first-order chi connectivity index (χ1) is 12.1. The molecule has 4 rings (SSSR count). The van der Waals surface area contributed by atoms with E-state index in [1.165, 1.54) is 21.5 Å². The van der Waals surface area contributed by atoms with Gasteiger partial charge in [-0.3, -0.25) is 0 Å². The van der Waals surface area contributed by atoms with Crippen molar-refractivity contribution in [1.29, 1.82) is 0 Å². The Balaban J connectivity index is 0.000000525. The van der Waals surface area contributed by atoms with Gasteiger partial charge in [-0.25, -0.2) is 0 Å². The second-order valence-corrected chi connectivity index (χ2v) is 10.5. The van der Waals surface area contributed by atoms with Gasteiger partial charge in [-0.15, -0.1) is 70.0 Å². The molecule has 4 aromatic carbocycles. The van der Waals surface area contributed by atoms with Crippen molar-refractivity contribution >= 4 is 34.8 Å². The molecule has 0 atom stereocenters. The van der Waals surface area contributed by atoms with Crippen LogP contribution in [0.1, 0.15) is 27.7 Å². The molecule has 0 amide bonds. The van der Waals surface area contributed by atoms with E-state index in [0.717, 1.165) is 11.3 Å². The van der Waals surface area contributed by atoms with Crippen molar-refractivity contribution in [3.8, 4) is 0 Å². The Morgan fingerprint density at radius 1 is 0.714 bits per heavy atom. The Hall–Kier alpha value is -0.460. The van der Waals surface area contributed by atoms with E-state index in [1.807, 2.05) is 0 Å². The van der Waals surface area contributed by atoms with E-state index >= 15 is 0 Å². The van der Waals surface area contributed by atoms with Crippen LogP contribution in [0, 0.1) is 0 Å². The van der Waals surface area contributed by atoms with Gasteiger partial charge >= 0.3 is 25.8 Å². The Morgan fingerprint density at radius 2 is 1.25 bits per heavy atom. The number of hydrogen-bond acceptors (Lipinski definition) is 0. The number of halogens is 2. The first-order valence-electron chi connectivity index (χ1n) is 9.10. The van der Waals surface area contributed by atoms with Crippen molar-refractivity contribution < 1.29 is 50.7 Å². The molecule has 0 aromatic heterocycles. The first-order valence-corrected chi connectivity index (χ1v) is 10.6. The maximum atomic E-state index is 2.39. The third-order valence-electron chi connectivity index (χ3n) is 4.56. The standard InChI is InChI=1S/C15H20P.C9H7.2ClH.Hf/c1-11(2)16(12(3)4)15-9-13-7-5-6-8-14(13)10-15;1-2-5-9-7-3-6-8(9)4-1;;;/h5-12H,1-4H3;1-7H;2*1H;/q2*-1;;;+4/p-2. The van der Waals surface area contributed by atoms with Crippen molar-refractivity contribution in [3.05, 3.63) is 78.9 Å². The topological polar surface area (TPSA) is 0 Å². The first kappa shape index (κ1) is 27.5. The van der Waals surface area contributed by atoms with Crippen LogP contribution < -0.4 is 30.1 Å². The summed E-state index contributed by atoms with van der Waals surface area (Å²) >= 11 is 0. The van der Waals surface area contributed by atoms with Crippen LogP contribution in [0.3, 0.4) is 0 Å². The van der Waals surface area contributed by atoms with Crippen LogP contribution in [0.2, 0.25) is 0 Å². The number of fused-ring (bicyclic) bond motifs is 2. The van der Waals surface area contributed by atoms with Crippen LogP contribution in [0.15, 0.2) is 78.9 Å². The molecule has 4 heteroatoms. The Bertz CT molecular complexity index is 869. The fourth-order valence-electron chi connectivity index (χ4n) is 3.55. The smallest absolute Gasteiger partial charge is 1.00 e. The quantitative estimate of drug-likeness (QED) is 0.189. The maximum absolute atomic E-state index is 2.39. The Morgan fingerprint density at radius 3 is 1.79 bits per heavy atom. The van der Waals surface area contributed by atoms with Crippen LogP contribution in [0.25, 0.3) is 21.5 Å². The third kappa shape index (κ3) is 6.81. The summed E-state index contributed by atoms with van der Waals surface area (Å²) < 4.78 is 0. The molecule has 0 nitrogen and oxygen atoms in total. The van der Waals surface area contributed by atoms with Crippen molar-refractivity contribution in [2.24, 2.45) is 0 Å². The molecule has 0 spiro atoms. The summed E-state index contributed by atoms with van der Waals surface area (Å²) in [7, 11) is -0.0206. The van der Waals surface area contributed by atoms with Gasteiger partial charge in [-0.1, -0.05) is 47.7 Å². The summed E-state index contributed by atoms with van der Waals surface area (Å²) in [5.74, 6) is 0. The zero-order valence-electron chi connectivity index (χ0n) is 16.9. The maximum Gasteiger partial charge on any atom is 4.00 e. The fraction of sp³-hybridized carbons (Fsp3) is 0.250. The molecular formula is C24H27Cl2HfP. The molecule has 0 unspecified atom stereocenters. The normalized spacial score (nSPS) is 10.2. The van der Waals surface area contributed by atoms with Gasteiger partial charge in [0.2, 0.25) is 0 Å². The van der Waals surface area contributed by atoms with E-state index in [9.17, 15) is 0 Å². The van der Waals surface area contributed by atoms with Gasteiger partial charge in [-0.05, 0) is 11.3 Å². The molecule has 146 valence electrons. The Labute approximate surface area is 202 Å². The number of rotatable bonds is 3. The molecule has 0 fully saturated rings. The molecule has 0 N–H and O–H groups in total. The van der Waals surface area contributed by atoms with Gasteiger partial charge in [0.25, 0.3) is 0 Å². The molecule has 0 aliphatic carbocycles. The van der Waals surface area contributed by atoms with Gasteiger partial charge in [0.05, 0.1) is 0 Å². The predicted octanol–water partition coefficient (Wildman–Crippen LogP) is 1.05. The van der Waals surface area contributed by atoms with E-state index < -0.39 is 0 Å². The van der Waals surface area contributed by atoms with Gasteiger partial charge in [0.15, 0.2) is 0 Å². The largest absolute Gasteiger partial charge is 4.00 e. The van der Waals surface area contributed by atoms with Crippen molar-refractivity contribution in [2.45, 2.75) is 39.0 Å². The molecule has 28 heavy (non-hydrogen) atoms. The zero-order valence-corrected chi connectivity index (χ0v) is 22.9. The monoisotopic (exact) mass is 596 g/mol. The summed E-state index contributed by atoms with van der Waals surface area (Å²) in [6, 6.07) is 28.1. The SMILES string of the molecule is CC(C)P(c1cc2ccccc2[cH-]1)C(C)C.[Cl-].[Cl-].[Hf+4].c1ccc2[cH-]ccc2c1. The Kier molecular flexibility index (Phi) is 12.8. The van der Waals surface area contributed by atoms with Crippen molar-refractivity contribution in [1.82, 2.24) is 0 Å². The van der Waals surface area contributed by atoms with Crippen molar-refractivity contribution in [2.75, 3.05) is 0 Å². The van der Waals surface area contributed by atoms with Gasteiger partial charge in [-0.2, -0.15) is 23.6 Å². The molecular weight excluding hydrogens is 569 g/mol. The van der Waals surface area contributed by atoms with E-state index in [-0.39, 0.29) is 58.6 Å². The van der Waals surface area contributed by atoms with E-state index in [1.54, 1.807) is 5.30 Å². The van der Waals surface area contributed by atoms with Crippen LogP contribution in [-0.4, -0.2) is 11.3 Å². The minimum absolute atomic E-state index is 0. The third-order valence-corrected chi connectivity index (χ3v) is 7.64. The molecule has 4 aromatic rings. The summed E-state index contributed by atoms with van der Waals surface area (Å²) in [6.07, 6.45) is 0. The van der Waals surface area contributed by atoms with E-state index in [0.29, 0.717) is 0 Å². The number of hydrogen-bond donors (Lipinski definition) is 0. The van der Waals surface area contributed by atoms with Crippen LogP contribution in [-0.2, 0) is 25.8 Å². The van der Waals surface area contributed by atoms with Gasteiger partial charge < -0.3 is 24.8 Å². The molecule has 0 radical (unpaired) electrons. The molecule has 0 bridgehead atoms. The summed E-state index contributed by atoms with van der Waals surface area (Å²) in [6.45, 7) is 9.40. The van der Waals surface area contributed by atoms with Crippen LogP contribution >= 0.6 is 7.92 Å². The van der Waals surface area contributed by atoms with Crippen LogP contribution in [0.4, 0.5) is 0 Å². The minimum Gasteiger partial charge on any atom is -1.00 e. The van der Waals surface area contributed by atoms with E-state index in [4.69, 9.17) is 0 Å². The number of benzene rings is 2. The molecule has 0 saturated heterocycles. The average Bonchev–Trinajstić information content (AvgIpc) is 3.21. The van der Waals surface area contributed by atoms with Gasteiger partial charge in [0.1, 0.15) is 0 Å². The predicted molar refractivity (Wildman–Crippen MR) is 116 cm³/mol. The fourth-order valence-corrected chi connectivity index (χ4v) is 6.51. The molecule has 0 saturated carbocycles. The summed E-state index contributed by atoms with van der Waals surface area (Å²) in [4.78, 5) is 0. The summed E-state index contributed by atoms with van der Waals surface area (Å²) in [5.41, 5.74) is 1.54. The molecule has 0 aliphatic rings. The zero-order chi connectivity index (χ0) is 17.8. The second kappa shape index (κ2) is 13.0. The minimum atomic E-state index is -0.0206.